The number of nitrogens with one attached hydrogen (secondary N) is 2. The number of rotatable bonds is 5. The second-order valence-corrected chi connectivity index (χ2v) is 8.52. The highest BCUT2D eigenvalue weighted by atomic mass is 35.5. The van der Waals surface area contributed by atoms with Crippen LogP contribution >= 0.6 is 23.2 Å². The van der Waals surface area contributed by atoms with Crippen LogP contribution < -0.4 is 10.0 Å². The maximum atomic E-state index is 12.6. The minimum atomic E-state index is -3.97. The number of carbonyl (C=O) groups is 1. The molecule has 0 saturated carbocycles. The lowest BCUT2D eigenvalue weighted by molar-refractivity contribution is 0.102. The third-order valence-corrected chi connectivity index (χ3v) is 6.05. The Morgan fingerprint density at radius 2 is 1.68 bits per heavy atom. The van der Waals surface area contributed by atoms with E-state index in [9.17, 15) is 13.2 Å². The van der Waals surface area contributed by atoms with E-state index in [0.29, 0.717) is 11.3 Å². The summed E-state index contributed by atoms with van der Waals surface area (Å²) in [7, 11) is -3.97. The molecule has 0 aliphatic carbocycles. The predicted octanol–water partition coefficient (Wildman–Crippen LogP) is 5.35. The highest BCUT2D eigenvalue weighted by Crippen LogP contribution is 2.27. The second kappa shape index (κ2) is 8.22. The van der Waals surface area contributed by atoms with Gasteiger partial charge >= 0.3 is 0 Å². The van der Waals surface area contributed by atoms with Gasteiger partial charge in [-0.1, -0.05) is 47.5 Å². The SMILES string of the molecule is Cc1ccccc1NC(=O)c1cccc(NS(=O)(=O)c2cc(Cl)ccc2Cl)c1. The first-order valence-corrected chi connectivity index (χ1v) is 10.4. The van der Waals surface area contributed by atoms with Crippen molar-refractivity contribution in [3.05, 3.63) is 87.9 Å². The van der Waals surface area contributed by atoms with Gasteiger partial charge in [-0.3, -0.25) is 9.52 Å². The molecule has 0 bridgehead atoms. The van der Waals surface area contributed by atoms with Crippen LogP contribution in [0, 0.1) is 6.92 Å². The second-order valence-electron chi connectivity index (χ2n) is 6.03. The van der Waals surface area contributed by atoms with Crippen LogP contribution in [0.5, 0.6) is 0 Å². The van der Waals surface area contributed by atoms with E-state index >= 15 is 0 Å². The van der Waals surface area contributed by atoms with Crippen molar-refractivity contribution in [3.8, 4) is 0 Å². The largest absolute Gasteiger partial charge is 0.322 e. The minimum Gasteiger partial charge on any atom is -0.322 e. The fraction of sp³-hybridized carbons (Fsp3) is 0.0500. The van der Waals surface area contributed by atoms with E-state index in [-0.39, 0.29) is 26.5 Å². The number of para-hydroxylation sites is 1. The molecular weight excluding hydrogens is 419 g/mol. The molecule has 0 aliphatic rings. The summed E-state index contributed by atoms with van der Waals surface area (Å²) >= 11 is 11.9. The van der Waals surface area contributed by atoms with Crippen LogP contribution in [0.2, 0.25) is 10.0 Å². The maximum absolute atomic E-state index is 12.6. The van der Waals surface area contributed by atoms with Crippen molar-refractivity contribution in [2.24, 2.45) is 0 Å². The summed E-state index contributed by atoms with van der Waals surface area (Å²) in [4.78, 5) is 12.4. The van der Waals surface area contributed by atoms with Gasteiger partial charge in [0.1, 0.15) is 4.90 Å². The van der Waals surface area contributed by atoms with Crippen molar-refractivity contribution in [2.75, 3.05) is 10.0 Å². The summed E-state index contributed by atoms with van der Waals surface area (Å²) in [5, 5.41) is 3.10. The molecule has 0 saturated heterocycles. The zero-order chi connectivity index (χ0) is 20.3. The number of amides is 1. The Balaban J connectivity index is 1.84. The Hall–Kier alpha value is -2.54. The zero-order valence-electron chi connectivity index (χ0n) is 14.7. The van der Waals surface area contributed by atoms with Gasteiger partial charge in [0.25, 0.3) is 15.9 Å². The van der Waals surface area contributed by atoms with Gasteiger partial charge in [-0.25, -0.2) is 8.42 Å². The van der Waals surface area contributed by atoms with Crippen LogP contribution in [0.3, 0.4) is 0 Å². The van der Waals surface area contributed by atoms with Gasteiger partial charge in [-0.15, -0.1) is 0 Å². The number of sulfonamides is 1. The van der Waals surface area contributed by atoms with E-state index in [2.05, 4.69) is 10.0 Å². The summed E-state index contributed by atoms with van der Waals surface area (Å²) in [6.07, 6.45) is 0. The van der Waals surface area contributed by atoms with E-state index in [0.717, 1.165) is 5.56 Å². The van der Waals surface area contributed by atoms with E-state index in [1.165, 1.54) is 24.3 Å². The number of benzene rings is 3. The van der Waals surface area contributed by atoms with Crippen LogP contribution in [-0.4, -0.2) is 14.3 Å². The molecule has 0 aromatic heterocycles. The molecule has 2 N–H and O–H groups in total. The molecule has 0 aliphatic heterocycles. The van der Waals surface area contributed by atoms with Gasteiger partial charge in [0.05, 0.1) is 5.02 Å². The number of hydrogen-bond acceptors (Lipinski definition) is 3. The lowest BCUT2D eigenvalue weighted by atomic mass is 10.1. The molecule has 0 atom stereocenters. The maximum Gasteiger partial charge on any atom is 0.263 e. The smallest absolute Gasteiger partial charge is 0.263 e. The number of anilines is 2. The monoisotopic (exact) mass is 434 g/mol. The molecule has 0 heterocycles. The lowest BCUT2D eigenvalue weighted by Gasteiger charge is -2.12. The first-order valence-electron chi connectivity index (χ1n) is 8.21. The average molecular weight is 435 g/mol. The highest BCUT2D eigenvalue weighted by molar-refractivity contribution is 7.92. The molecule has 28 heavy (non-hydrogen) atoms. The van der Waals surface area contributed by atoms with E-state index in [1.54, 1.807) is 24.3 Å². The Kier molecular flexibility index (Phi) is 5.93. The van der Waals surface area contributed by atoms with Gasteiger partial charge in [-0.2, -0.15) is 0 Å². The Morgan fingerprint density at radius 3 is 2.43 bits per heavy atom. The van der Waals surface area contributed by atoms with Crippen LogP contribution in [-0.2, 0) is 10.0 Å². The minimum absolute atomic E-state index is 0.0466. The van der Waals surface area contributed by atoms with Crippen molar-refractivity contribution < 1.29 is 13.2 Å². The average Bonchev–Trinajstić information content (AvgIpc) is 2.65. The molecular formula is C20H16Cl2N2O3S. The molecule has 0 fully saturated rings. The summed E-state index contributed by atoms with van der Waals surface area (Å²) in [5.74, 6) is -0.351. The standard InChI is InChI=1S/C20H16Cl2N2O3S/c1-13-5-2-3-8-18(13)23-20(25)14-6-4-7-16(11-14)24-28(26,27)19-12-15(21)9-10-17(19)22/h2-12,24H,1H3,(H,23,25). The van der Waals surface area contributed by atoms with E-state index in [1.807, 2.05) is 25.1 Å². The predicted molar refractivity (Wildman–Crippen MR) is 113 cm³/mol. The first kappa shape index (κ1) is 20.2. The summed E-state index contributed by atoms with van der Waals surface area (Å²) in [6.45, 7) is 1.88. The molecule has 0 unspecified atom stereocenters. The third-order valence-electron chi connectivity index (χ3n) is 3.95. The number of aryl methyl sites for hydroxylation is 1. The summed E-state index contributed by atoms with van der Waals surface area (Å²) in [6, 6.07) is 17.7. The van der Waals surface area contributed by atoms with Crippen molar-refractivity contribution in [2.45, 2.75) is 11.8 Å². The summed E-state index contributed by atoms with van der Waals surface area (Å²) in [5.41, 5.74) is 2.14. The Morgan fingerprint density at radius 1 is 0.929 bits per heavy atom. The molecule has 3 rings (SSSR count). The van der Waals surface area contributed by atoms with Gasteiger partial charge in [0.2, 0.25) is 0 Å². The van der Waals surface area contributed by atoms with Crippen LogP contribution in [0.4, 0.5) is 11.4 Å². The van der Waals surface area contributed by atoms with Gasteiger partial charge in [0, 0.05) is 22.0 Å². The quantitative estimate of drug-likeness (QED) is 0.567. The number of hydrogen-bond donors (Lipinski definition) is 2. The van der Waals surface area contributed by atoms with E-state index < -0.39 is 10.0 Å². The topological polar surface area (TPSA) is 75.3 Å². The zero-order valence-corrected chi connectivity index (χ0v) is 17.1. The number of halogens is 2. The molecule has 144 valence electrons. The lowest BCUT2D eigenvalue weighted by Crippen LogP contribution is -2.15. The molecule has 3 aromatic carbocycles. The Labute approximate surface area is 173 Å². The van der Waals surface area contributed by atoms with Crippen molar-refractivity contribution in [1.29, 1.82) is 0 Å². The van der Waals surface area contributed by atoms with Crippen LogP contribution in [0.1, 0.15) is 15.9 Å². The molecule has 1 amide bonds. The van der Waals surface area contributed by atoms with Crippen molar-refractivity contribution in [1.82, 2.24) is 0 Å². The van der Waals surface area contributed by atoms with Gasteiger partial charge in [-0.05, 0) is 55.0 Å². The van der Waals surface area contributed by atoms with E-state index in [4.69, 9.17) is 23.2 Å². The van der Waals surface area contributed by atoms with Gasteiger partial charge in [0.15, 0.2) is 0 Å². The number of carbonyl (C=O) groups excluding carboxylic acids is 1. The van der Waals surface area contributed by atoms with Crippen LogP contribution in [0.15, 0.2) is 71.6 Å². The molecule has 0 spiro atoms. The van der Waals surface area contributed by atoms with Gasteiger partial charge < -0.3 is 5.32 Å². The molecule has 5 nitrogen and oxygen atoms in total. The Bertz CT molecular complexity index is 1150. The fourth-order valence-electron chi connectivity index (χ4n) is 2.52. The first-order chi connectivity index (χ1) is 13.3. The summed E-state index contributed by atoms with van der Waals surface area (Å²) < 4.78 is 27.7. The highest BCUT2D eigenvalue weighted by Gasteiger charge is 2.19. The molecule has 3 aromatic rings. The van der Waals surface area contributed by atoms with Crippen molar-refractivity contribution >= 4 is 50.5 Å². The molecule has 8 heteroatoms. The molecule has 0 radical (unpaired) electrons. The normalized spacial score (nSPS) is 11.1. The van der Waals surface area contributed by atoms with Crippen LogP contribution in [0.25, 0.3) is 0 Å². The third kappa shape index (κ3) is 4.65. The fourth-order valence-corrected chi connectivity index (χ4v) is 4.34. The van der Waals surface area contributed by atoms with Crippen molar-refractivity contribution in [3.63, 3.8) is 0 Å².